The summed E-state index contributed by atoms with van der Waals surface area (Å²) in [5, 5.41) is 20.9. The van der Waals surface area contributed by atoms with Crippen molar-refractivity contribution in [3.63, 3.8) is 0 Å². The number of tetrazole rings is 1. The van der Waals surface area contributed by atoms with E-state index >= 15 is 0 Å². The third-order valence-electron chi connectivity index (χ3n) is 3.63. The lowest BCUT2D eigenvalue weighted by molar-refractivity contribution is -0.156. The molecule has 2 heterocycles. The Bertz CT molecular complexity index is 442. The van der Waals surface area contributed by atoms with E-state index in [-0.39, 0.29) is 12.6 Å². The van der Waals surface area contributed by atoms with Crippen molar-refractivity contribution >= 4 is 5.97 Å². The molecule has 0 saturated carbocycles. The molecular weight excluding hydrogens is 252 g/mol. The zero-order valence-corrected chi connectivity index (χ0v) is 11.1. The molecule has 1 fully saturated rings. The van der Waals surface area contributed by atoms with Crippen LogP contribution in [0.2, 0.25) is 0 Å². The minimum Gasteiger partial charge on any atom is -0.481 e. The first-order valence-corrected chi connectivity index (χ1v) is 6.19. The number of aromatic nitrogens is 4. The second-order valence-electron chi connectivity index (χ2n) is 4.77. The van der Waals surface area contributed by atoms with Gasteiger partial charge in [0.15, 0.2) is 5.82 Å². The zero-order chi connectivity index (χ0) is 13.9. The highest BCUT2D eigenvalue weighted by molar-refractivity contribution is 5.74. The largest absolute Gasteiger partial charge is 0.481 e. The van der Waals surface area contributed by atoms with Crippen LogP contribution in [0.3, 0.4) is 0 Å². The van der Waals surface area contributed by atoms with Gasteiger partial charge in [0.25, 0.3) is 0 Å². The minimum atomic E-state index is -0.865. The Morgan fingerprint density at radius 2 is 2.26 bits per heavy atom. The highest BCUT2D eigenvalue weighted by atomic mass is 16.5. The van der Waals surface area contributed by atoms with Gasteiger partial charge in [-0.05, 0) is 30.2 Å². The van der Waals surface area contributed by atoms with Crippen molar-refractivity contribution in [2.45, 2.75) is 32.4 Å². The Labute approximate surface area is 110 Å². The van der Waals surface area contributed by atoms with Gasteiger partial charge in [-0.1, -0.05) is 0 Å². The predicted octanol–water partition coefficient (Wildman–Crippen LogP) is 0.262. The van der Waals surface area contributed by atoms with Crippen molar-refractivity contribution < 1.29 is 19.4 Å². The minimum absolute atomic E-state index is 0.238. The van der Waals surface area contributed by atoms with Crippen molar-refractivity contribution in [1.82, 2.24) is 20.2 Å². The van der Waals surface area contributed by atoms with Gasteiger partial charge in [-0.25, -0.2) is 4.68 Å². The molecule has 0 aliphatic carbocycles. The number of hydrogen-bond acceptors (Lipinski definition) is 6. The van der Waals surface area contributed by atoms with Crippen LogP contribution in [0.1, 0.15) is 31.7 Å². The SMILES string of the molecule is COC(C)c1nnnn1CC1(C(=O)O)CCOCC1. The van der Waals surface area contributed by atoms with E-state index in [1.165, 1.54) is 4.68 Å². The standard InChI is InChI=1S/C11H18N4O4/c1-8(18-2)9-12-13-14-15(9)7-11(10(16)17)3-5-19-6-4-11/h8H,3-7H2,1-2H3,(H,16,17). The second-order valence-corrected chi connectivity index (χ2v) is 4.77. The molecule has 8 heteroatoms. The number of carboxylic acids is 1. The summed E-state index contributed by atoms with van der Waals surface area (Å²) in [4.78, 5) is 11.6. The molecule has 106 valence electrons. The predicted molar refractivity (Wildman–Crippen MR) is 63.4 cm³/mol. The highest BCUT2D eigenvalue weighted by Gasteiger charge is 2.41. The van der Waals surface area contributed by atoms with Crippen molar-refractivity contribution in [2.24, 2.45) is 5.41 Å². The van der Waals surface area contributed by atoms with Crippen LogP contribution in [0, 0.1) is 5.41 Å². The van der Waals surface area contributed by atoms with Gasteiger partial charge in [0.05, 0.1) is 12.0 Å². The first-order chi connectivity index (χ1) is 9.09. The molecule has 1 aliphatic rings. The average Bonchev–Trinajstić information content (AvgIpc) is 2.86. The molecule has 8 nitrogen and oxygen atoms in total. The van der Waals surface area contributed by atoms with Crippen LogP contribution in [0.25, 0.3) is 0 Å². The Morgan fingerprint density at radius 3 is 2.84 bits per heavy atom. The van der Waals surface area contributed by atoms with Gasteiger partial charge in [-0.2, -0.15) is 0 Å². The van der Waals surface area contributed by atoms with Gasteiger partial charge in [0, 0.05) is 20.3 Å². The maximum atomic E-state index is 11.6. The molecule has 2 rings (SSSR count). The Morgan fingerprint density at radius 1 is 1.58 bits per heavy atom. The molecule has 19 heavy (non-hydrogen) atoms. The monoisotopic (exact) mass is 270 g/mol. The molecule has 0 aromatic carbocycles. The molecule has 0 spiro atoms. The zero-order valence-electron chi connectivity index (χ0n) is 11.1. The summed E-state index contributed by atoms with van der Waals surface area (Å²) in [5.41, 5.74) is -0.865. The first-order valence-electron chi connectivity index (χ1n) is 6.19. The molecule has 1 aromatic rings. The molecule has 0 bridgehead atoms. The van der Waals surface area contributed by atoms with E-state index in [1.807, 2.05) is 6.92 Å². The Hall–Kier alpha value is -1.54. The number of methoxy groups -OCH3 is 1. The number of aliphatic carboxylic acids is 1. The molecular formula is C11H18N4O4. The molecule has 0 radical (unpaired) electrons. The smallest absolute Gasteiger partial charge is 0.311 e. The van der Waals surface area contributed by atoms with Crippen LogP contribution >= 0.6 is 0 Å². The lowest BCUT2D eigenvalue weighted by atomic mass is 9.80. The topological polar surface area (TPSA) is 99.4 Å². The van der Waals surface area contributed by atoms with Crippen molar-refractivity contribution in [2.75, 3.05) is 20.3 Å². The lowest BCUT2D eigenvalue weighted by Crippen LogP contribution is -2.41. The molecule has 1 aromatic heterocycles. The highest BCUT2D eigenvalue weighted by Crippen LogP contribution is 2.33. The van der Waals surface area contributed by atoms with E-state index in [4.69, 9.17) is 9.47 Å². The maximum Gasteiger partial charge on any atom is 0.311 e. The third kappa shape index (κ3) is 2.74. The van der Waals surface area contributed by atoms with Gasteiger partial charge in [0.2, 0.25) is 0 Å². The number of ether oxygens (including phenoxy) is 2. The van der Waals surface area contributed by atoms with Crippen LogP contribution in [0.4, 0.5) is 0 Å². The fourth-order valence-electron chi connectivity index (χ4n) is 2.21. The molecule has 1 atom stereocenters. The summed E-state index contributed by atoms with van der Waals surface area (Å²) in [6, 6.07) is 0. The molecule has 1 saturated heterocycles. The quantitative estimate of drug-likeness (QED) is 0.819. The van der Waals surface area contributed by atoms with E-state index in [9.17, 15) is 9.90 Å². The fraction of sp³-hybridized carbons (Fsp3) is 0.818. The fourth-order valence-corrected chi connectivity index (χ4v) is 2.21. The number of carboxylic acid groups (broad SMARTS) is 1. The van der Waals surface area contributed by atoms with Crippen molar-refractivity contribution in [3.05, 3.63) is 5.82 Å². The summed E-state index contributed by atoms with van der Waals surface area (Å²) < 4.78 is 11.9. The summed E-state index contributed by atoms with van der Waals surface area (Å²) in [6.45, 7) is 2.95. The van der Waals surface area contributed by atoms with E-state index in [1.54, 1.807) is 7.11 Å². The Balaban J connectivity index is 2.22. The average molecular weight is 270 g/mol. The van der Waals surface area contributed by atoms with E-state index in [2.05, 4.69) is 15.5 Å². The van der Waals surface area contributed by atoms with Gasteiger partial charge in [-0.3, -0.25) is 4.79 Å². The third-order valence-corrected chi connectivity index (χ3v) is 3.63. The second kappa shape index (κ2) is 5.62. The number of rotatable bonds is 5. The van der Waals surface area contributed by atoms with Gasteiger partial charge >= 0.3 is 5.97 Å². The van der Waals surface area contributed by atoms with Crippen molar-refractivity contribution in [1.29, 1.82) is 0 Å². The molecule has 1 N–H and O–H groups in total. The summed E-state index contributed by atoms with van der Waals surface area (Å²) in [6.07, 6.45) is 0.645. The van der Waals surface area contributed by atoms with Gasteiger partial charge < -0.3 is 14.6 Å². The number of carbonyl (C=O) groups is 1. The van der Waals surface area contributed by atoms with E-state index < -0.39 is 11.4 Å². The summed E-state index contributed by atoms with van der Waals surface area (Å²) in [7, 11) is 1.56. The van der Waals surface area contributed by atoms with Crippen LogP contribution < -0.4 is 0 Å². The molecule has 1 unspecified atom stereocenters. The number of nitrogens with zero attached hydrogens (tertiary/aromatic N) is 4. The molecule has 1 aliphatic heterocycles. The van der Waals surface area contributed by atoms with Crippen LogP contribution in [0.5, 0.6) is 0 Å². The van der Waals surface area contributed by atoms with E-state index in [0.29, 0.717) is 31.9 Å². The first kappa shape index (κ1) is 13.9. The maximum absolute atomic E-state index is 11.6. The summed E-state index contributed by atoms with van der Waals surface area (Å²) >= 11 is 0. The van der Waals surface area contributed by atoms with Gasteiger partial charge in [-0.15, -0.1) is 5.10 Å². The van der Waals surface area contributed by atoms with Crippen LogP contribution in [0.15, 0.2) is 0 Å². The van der Waals surface area contributed by atoms with Crippen LogP contribution in [-0.4, -0.2) is 51.6 Å². The summed E-state index contributed by atoms with van der Waals surface area (Å²) in [5.74, 6) is -0.295. The molecule has 0 amide bonds. The lowest BCUT2D eigenvalue weighted by Gasteiger charge is -2.33. The van der Waals surface area contributed by atoms with Crippen LogP contribution in [-0.2, 0) is 20.8 Å². The van der Waals surface area contributed by atoms with Gasteiger partial charge in [0.1, 0.15) is 6.10 Å². The number of hydrogen-bond donors (Lipinski definition) is 1. The van der Waals surface area contributed by atoms with E-state index in [0.717, 1.165) is 0 Å². The normalized spacial score (nSPS) is 20.1. The van der Waals surface area contributed by atoms with Crippen molar-refractivity contribution in [3.8, 4) is 0 Å². The Kier molecular flexibility index (Phi) is 4.11.